The molecule has 0 atom stereocenters. The van der Waals surface area contributed by atoms with Crippen molar-refractivity contribution in [2.75, 3.05) is 30.3 Å². The summed E-state index contributed by atoms with van der Waals surface area (Å²) >= 11 is 1.46. The molecule has 0 amide bonds. The highest BCUT2D eigenvalue weighted by Gasteiger charge is 2.26. The van der Waals surface area contributed by atoms with E-state index in [-0.39, 0.29) is 12.3 Å². The lowest BCUT2D eigenvalue weighted by Gasteiger charge is -2.27. The van der Waals surface area contributed by atoms with Crippen LogP contribution < -0.4 is 5.73 Å². The maximum atomic E-state index is 12.3. The smallest absolute Gasteiger partial charge is 0.215 e. The highest BCUT2D eigenvalue weighted by atomic mass is 32.2. The van der Waals surface area contributed by atoms with Gasteiger partial charge >= 0.3 is 0 Å². The molecule has 0 unspecified atom stereocenters. The second kappa shape index (κ2) is 7.49. The van der Waals surface area contributed by atoms with Crippen molar-refractivity contribution in [3.63, 3.8) is 0 Å². The summed E-state index contributed by atoms with van der Waals surface area (Å²) in [6, 6.07) is 7.37. The van der Waals surface area contributed by atoms with Gasteiger partial charge in [0, 0.05) is 29.4 Å². The van der Waals surface area contributed by atoms with Crippen LogP contribution in [0.4, 0.5) is 5.69 Å². The molecule has 0 aromatic heterocycles. The number of rotatable bonds is 8. The van der Waals surface area contributed by atoms with Crippen molar-refractivity contribution in [1.29, 1.82) is 0 Å². The van der Waals surface area contributed by atoms with Crippen molar-refractivity contribution in [2.24, 2.45) is 0 Å². The van der Waals surface area contributed by atoms with Gasteiger partial charge in [-0.2, -0.15) is 4.31 Å². The number of hydrogen-bond donors (Lipinski definition) is 2. The maximum absolute atomic E-state index is 12.3. The standard InChI is InChI=1S/C14H24N2O3S2/c1-4-16(11-14(2,3)17)21(18,19)9-8-20-13-7-5-6-12(15)10-13/h5-7,10,17H,4,8-9,11,15H2,1-3H3. The minimum absolute atomic E-state index is 0.0381. The molecule has 0 spiro atoms. The Kier molecular flexibility index (Phi) is 6.52. The van der Waals surface area contributed by atoms with Crippen LogP contribution in [0.3, 0.4) is 0 Å². The number of sulfonamides is 1. The third-order valence-corrected chi connectivity index (χ3v) is 5.93. The minimum atomic E-state index is -3.36. The second-order valence-corrected chi connectivity index (χ2v) is 8.73. The zero-order valence-corrected chi connectivity index (χ0v) is 14.4. The van der Waals surface area contributed by atoms with Gasteiger partial charge in [0.15, 0.2) is 0 Å². The van der Waals surface area contributed by atoms with Gasteiger partial charge in [-0.1, -0.05) is 13.0 Å². The number of anilines is 1. The number of nitrogens with two attached hydrogens (primary N) is 1. The first kappa shape index (κ1) is 18.3. The van der Waals surface area contributed by atoms with E-state index in [0.717, 1.165) is 4.90 Å². The summed E-state index contributed by atoms with van der Waals surface area (Å²) in [5, 5.41) is 9.79. The van der Waals surface area contributed by atoms with Gasteiger partial charge in [-0.15, -0.1) is 11.8 Å². The fourth-order valence-corrected chi connectivity index (χ4v) is 4.81. The summed E-state index contributed by atoms with van der Waals surface area (Å²) in [5.74, 6) is 0.491. The molecule has 0 saturated heterocycles. The number of likely N-dealkylation sites (N-methyl/N-ethyl adjacent to an activating group) is 1. The first-order valence-electron chi connectivity index (χ1n) is 6.82. The molecular weight excluding hydrogens is 308 g/mol. The third-order valence-electron chi connectivity index (χ3n) is 2.78. The molecule has 0 fully saturated rings. The molecule has 0 bridgehead atoms. The lowest BCUT2D eigenvalue weighted by molar-refractivity contribution is 0.0602. The molecule has 1 aromatic carbocycles. The van der Waals surface area contributed by atoms with Crippen LogP contribution in [-0.2, 0) is 10.0 Å². The molecule has 5 nitrogen and oxygen atoms in total. The van der Waals surface area contributed by atoms with E-state index >= 15 is 0 Å². The predicted octanol–water partition coefficient (Wildman–Crippen LogP) is 1.78. The van der Waals surface area contributed by atoms with Crippen LogP contribution in [0.5, 0.6) is 0 Å². The molecule has 0 saturated carbocycles. The molecule has 0 aliphatic carbocycles. The first-order chi connectivity index (χ1) is 9.64. The fraction of sp³-hybridized carbons (Fsp3) is 0.571. The summed E-state index contributed by atoms with van der Waals surface area (Å²) in [7, 11) is -3.36. The molecule has 21 heavy (non-hydrogen) atoms. The van der Waals surface area contributed by atoms with Crippen LogP contribution in [0.2, 0.25) is 0 Å². The Morgan fingerprint density at radius 3 is 2.57 bits per heavy atom. The summed E-state index contributed by atoms with van der Waals surface area (Å²) in [6.45, 7) is 5.44. The summed E-state index contributed by atoms with van der Waals surface area (Å²) in [5.41, 5.74) is 5.32. The van der Waals surface area contributed by atoms with Gasteiger partial charge in [-0.25, -0.2) is 8.42 Å². The Morgan fingerprint density at radius 1 is 1.38 bits per heavy atom. The van der Waals surface area contributed by atoms with Gasteiger partial charge in [0.2, 0.25) is 10.0 Å². The molecule has 1 rings (SSSR count). The van der Waals surface area contributed by atoms with E-state index in [1.807, 2.05) is 18.2 Å². The monoisotopic (exact) mass is 332 g/mol. The van der Waals surface area contributed by atoms with Crippen molar-refractivity contribution in [2.45, 2.75) is 31.3 Å². The highest BCUT2D eigenvalue weighted by Crippen LogP contribution is 2.21. The molecule has 7 heteroatoms. The van der Waals surface area contributed by atoms with Crippen LogP contribution in [0.25, 0.3) is 0 Å². The molecule has 3 N–H and O–H groups in total. The van der Waals surface area contributed by atoms with E-state index < -0.39 is 15.6 Å². The molecule has 1 aromatic rings. The molecule has 120 valence electrons. The minimum Gasteiger partial charge on any atom is -0.399 e. The van der Waals surface area contributed by atoms with Gasteiger partial charge in [-0.05, 0) is 32.0 Å². The van der Waals surface area contributed by atoms with Crippen molar-refractivity contribution < 1.29 is 13.5 Å². The van der Waals surface area contributed by atoms with Crippen molar-refractivity contribution in [1.82, 2.24) is 4.31 Å². The average Bonchev–Trinajstić information content (AvgIpc) is 2.34. The Balaban J connectivity index is 2.59. The van der Waals surface area contributed by atoms with Crippen LogP contribution in [0.1, 0.15) is 20.8 Å². The second-order valence-electron chi connectivity index (χ2n) is 5.48. The normalized spacial score (nSPS) is 12.8. The molecule has 0 aliphatic heterocycles. The van der Waals surface area contributed by atoms with Crippen LogP contribution >= 0.6 is 11.8 Å². The van der Waals surface area contributed by atoms with Gasteiger partial charge in [0.25, 0.3) is 0 Å². The third kappa shape index (κ3) is 6.69. The van der Waals surface area contributed by atoms with E-state index in [9.17, 15) is 13.5 Å². The summed E-state index contributed by atoms with van der Waals surface area (Å²) < 4.78 is 25.9. The maximum Gasteiger partial charge on any atom is 0.215 e. The lowest BCUT2D eigenvalue weighted by Crippen LogP contribution is -2.43. The Labute approximate surface area is 131 Å². The zero-order valence-electron chi connectivity index (χ0n) is 12.7. The van der Waals surface area contributed by atoms with Gasteiger partial charge in [0.05, 0.1) is 11.4 Å². The number of aliphatic hydroxyl groups is 1. The number of benzene rings is 1. The number of thioether (sulfide) groups is 1. The van der Waals surface area contributed by atoms with E-state index in [1.165, 1.54) is 16.1 Å². The number of nitrogens with zero attached hydrogens (tertiary/aromatic N) is 1. The first-order valence-corrected chi connectivity index (χ1v) is 9.42. The van der Waals surface area contributed by atoms with E-state index in [1.54, 1.807) is 26.8 Å². The summed E-state index contributed by atoms with van der Waals surface area (Å²) in [6.07, 6.45) is 0. The van der Waals surface area contributed by atoms with Crippen molar-refractivity contribution in [3.05, 3.63) is 24.3 Å². The molecule has 0 heterocycles. The lowest BCUT2D eigenvalue weighted by atomic mass is 10.1. The Morgan fingerprint density at radius 2 is 2.05 bits per heavy atom. The van der Waals surface area contributed by atoms with E-state index in [0.29, 0.717) is 18.0 Å². The Hall–Kier alpha value is -0.760. The zero-order chi connectivity index (χ0) is 16.1. The average molecular weight is 332 g/mol. The molecule has 0 aliphatic rings. The topological polar surface area (TPSA) is 83.6 Å². The fourth-order valence-electron chi connectivity index (χ4n) is 1.84. The number of hydrogen-bond acceptors (Lipinski definition) is 5. The summed E-state index contributed by atoms with van der Waals surface area (Å²) in [4.78, 5) is 0.954. The predicted molar refractivity (Wildman–Crippen MR) is 88.9 cm³/mol. The van der Waals surface area contributed by atoms with Crippen LogP contribution in [-0.4, -0.2) is 48.0 Å². The van der Waals surface area contributed by atoms with Gasteiger partial charge < -0.3 is 10.8 Å². The van der Waals surface area contributed by atoms with Crippen molar-refractivity contribution in [3.8, 4) is 0 Å². The van der Waals surface area contributed by atoms with Gasteiger partial charge in [-0.3, -0.25) is 0 Å². The van der Waals surface area contributed by atoms with E-state index in [4.69, 9.17) is 5.73 Å². The van der Waals surface area contributed by atoms with E-state index in [2.05, 4.69) is 0 Å². The molecular formula is C14H24N2O3S2. The quantitative estimate of drug-likeness (QED) is 0.560. The molecule has 0 radical (unpaired) electrons. The highest BCUT2D eigenvalue weighted by molar-refractivity contribution is 8.00. The SMILES string of the molecule is CCN(CC(C)(C)O)S(=O)(=O)CCSc1cccc(N)c1. The van der Waals surface area contributed by atoms with Gasteiger partial charge in [0.1, 0.15) is 0 Å². The Bertz CT molecular complexity index is 554. The number of nitrogen functional groups attached to an aromatic ring is 1. The van der Waals surface area contributed by atoms with Crippen molar-refractivity contribution >= 4 is 27.5 Å². The largest absolute Gasteiger partial charge is 0.399 e. The van der Waals surface area contributed by atoms with Crippen LogP contribution in [0.15, 0.2) is 29.2 Å². The van der Waals surface area contributed by atoms with Crippen LogP contribution in [0, 0.1) is 0 Å².